The normalized spacial score (nSPS) is 9.79. The van der Waals surface area contributed by atoms with Gasteiger partial charge in [-0.2, -0.15) is 0 Å². The third-order valence-corrected chi connectivity index (χ3v) is 1.32. The molecule has 1 rings (SSSR count). The summed E-state index contributed by atoms with van der Waals surface area (Å²) < 4.78 is 1.18. The van der Waals surface area contributed by atoms with Gasteiger partial charge < -0.3 is 10.8 Å². The SMILES string of the molecule is NC(=O)NC(=O)Cn1cc(CO)nn1. The van der Waals surface area contributed by atoms with Gasteiger partial charge in [0.05, 0.1) is 12.8 Å². The summed E-state index contributed by atoms with van der Waals surface area (Å²) in [6, 6.07) is -0.919. The van der Waals surface area contributed by atoms with Crippen molar-refractivity contribution in [3.8, 4) is 0 Å². The Morgan fingerprint density at radius 3 is 2.86 bits per heavy atom. The Bertz CT molecular complexity index is 347. The van der Waals surface area contributed by atoms with E-state index in [1.54, 1.807) is 0 Å². The van der Waals surface area contributed by atoms with E-state index in [9.17, 15) is 9.59 Å². The zero-order valence-electron chi connectivity index (χ0n) is 7.17. The van der Waals surface area contributed by atoms with Crippen LogP contribution in [0.15, 0.2) is 6.20 Å². The lowest BCUT2D eigenvalue weighted by atomic mass is 10.5. The minimum Gasteiger partial charge on any atom is -0.390 e. The summed E-state index contributed by atoms with van der Waals surface area (Å²) in [6.07, 6.45) is 1.39. The number of urea groups is 1. The van der Waals surface area contributed by atoms with Crippen LogP contribution < -0.4 is 11.1 Å². The molecule has 1 aromatic rings. The summed E-state index contributed by atoms with van der Waals surface area (Å²) in [5.41, 5.74) is 5.07. The number of carbonyl (C=O) groups excluding carboxylic acids is 2. The minimum atomic E-state index is -0.919. The van der Waals surface area contributed by atoms with Crippen molar-refractivity contribution in [3.63, 3.8) is 0 Å². The third-order valence-electron chi connectivity index (χ3n) is 1.32. The summed E-state index contributed by atoms with van der Waals surface area (Å²) in [5, 5.41) is 17.6. The van der Waals surface area contributed by atoms with Gasteiger partial charge in [0.2, 0.25) is 5.91 Å². The number of primary amides is 1. The van der Waals surface area contributed by atoms with Crippen LogP contribution in [0.2, 0.25) is 0 Å². The maximum absolute atomic E-state index is 11.0. The van der Waals surface area contributed by atoms with Gasteiger partial charge in [-0.25, -0.2) is 9.48 Å². The van der Waals surface area contributed by atoms with E-state index in [2.05, 4.69) is 10.3 Å². The molecule has 0 aliphatic carbocycles. The maximum atomic E-state index is 11.0. The van der Waals surface area contributed by atoms with Crippen molar-refractivity contribution in [2.45, 2.75) is 13.2 Å². The summed E-state index contributed by atoms with van der Waals surface area (Å²) in [5.74, 6) is -0.591. The third kappa shape index (κ3) is 2.83. The second kappa shape index (κ2) is 4.33. The van der Waals surface area contributed by atoms with Crippen LogP contribution in [0.3, 0.4) is 0 Å². The molecule has 3 amide bonds. The van der Waals surface area contributed by atoms with Crippen LogP contribution in [0, 0.1) is 0 Å². The number of nitrogens with zero attached hydrogens (tertiary/aromatic N) is 3. The fraction of sp³-hybridized carbons (Fsp3) is 0.333. The Morgan fingerprint density at radius 2 is 2.36 bits per heavy atom. The first-order valence-corrected chi connectivity index (χ1v) is 3.71. The summed E-state index contributed by atoms with van der Waals surface area (Å²) in [7, 11) is 0. The largest absolute Gasteiger partial charge is 0.390 e. The number of hydrogen-bond donors (Lipinski definition) is 3. The lowest BCUT2D eigenvalue weighted by Crippen LogP contribution is -2.37. The summed E-state index contributed by atoms with van der Waals surface area (Å²) in [6.45, 7) is -0.423. The monoisotopic (exact) mass is 199 g/mol. The van der Waals surface area contributed by atoms with Gasteiger partial charge in [-0.15, -0.1) is 5.10 Å². The number of aliphatic hydroxyl groups is 1. The van der Waals surface area contributed by atoms with Crippen LogP contribution in [0.5, 0.6) is 0 Å². The van der Waals surface area contributed by atoms with E-state index in [0.29, 0.717) is 5.69 Å². The standard InChI is InChI=1S/C6H9N5O3/c7-6(14)8-5(13)2-11-1-4(3-12)9-10-11/h1,12H,2-3H2,(H3,7,8,13,14). The zero-order chi connectivity index (χ0) is 10.6. The van der Waals surface area contributed by atoms with Crippen molar-refractivity contribution in [2.24, 2.45) is 5.73 Å². The van der Waals surface area contributed by atoms with Crippen LogP contribution >= 0.6 is 0 Å². The average molecular weight is 199 g/mol. The molecule has 0 fully saturated rings. The minimum absolute atomic E-state index is 0.171. The molecule has 76 valence electrons. The van der Waals surface area contributed by atoms with Crippen LogP contribution in [-0.2, 0) is 17.9 Å². The van der Waals surface area contributed by atoms with E-state index in [4.69, 9.17) is 10.8 Å². The second-order valence-electron chi connectivity index (χ2n) is 2.48. The van der Waals surface area contributed by atoms with Crippen LogP contribution in [-0.4, -0.2) is 32.0 Å². The van der Waals surface area contributed by atoms with Crippen LogP contribution in [0.1, 0.15) is 5.69 Å². The van der Waals surface area contributed by atoms with E-state index < -0.39 is 11.9 Å². The molecule has 8 heteroatoms. The highest BCUT2D eigenvalue weighted by molar-refractivity contribution is 5.93. The van der Waals surface area contributed by atoms with Gasteiger partial charge in [0, 0.05) is 0 Å². The number of carbonyl (C=O) groups is 2. The van der Waals surface area contributed by atoms with Crippen LogP contribution in [0.4, 0.5) is 4.79 Å². The van der Waals surface area contributed by atoms with Crippen molar-refractivity contribution in [2.75, 3.05) is 0 Å². The second-order valence-corrected chi connectivity index (χ2v) is 2.48. The molecule has 0 saturated carbocycles. The highest BCUT2D eigenvalue weighted by Crippen LogP contribution is 1.91. The number of rotatable bonds is 3. The van der Waals surface area contributed by atoms with Gasteiger partial charge in [0.25, 0.3) is 0 Å². The first kappa shape index (κ1) is 10.1. The molecule has 1 heterocycles. The fourth-order valence-corrected chi connectivity index (χ4v) is 0.812. The topological polar surface area (TPSA) is 123 Å². The molecule has 0 unspecified atom stereocenters. The van der Waals surface area contributed by atoms with E-state index in [1.165, 1.54) is 10.9 Å². The molecule has 0 atom stereocenters. The molecule has 14 heavy (non-hydrogen) atoms. The lowest BCUT2D eigenvalue weighted by molar-refractivity contribution is -0.120. The average Bonchev–Trinajstić information content (AvgIpc) is 2.50. The van der Waals surface area contributed by atoms with Crippen molar-refractivity contribution in [1.29, 1.82) is 0 Å². The smallest absolute Gasteiger partial charge is 0.318 e. The first-order chi connectivity index (χ1) is 6.61. The highest BCUT2D eigenvalue weighted by Gasteiger charge is 2.06. The van der Waals surface area contributed by atoms with Gasteiger partial charge >= 0.3 is 6.03 Å². The van der Waals surface area contributed by atoms with Crippen molar-refractivity contribution >= 4 is 11.9 Å². The van der Waals surface area contributed by atoms with E-state index in [0.717, 1.165) is 0 Å². The van der Waals surface area contributed by atoms with E-state index in [1.807, 2.05) is 5.32 Å². The molecule has 0 aliphatic rings. The van der Waals surface area contributed by atoms with Crippen molar-refractivity contribution in [3.05, 3.63) is 11.9 Å². The zero-order valence-corrected chi connectivity index (χ0v) is 7.17. The number of nitrogens with one attached hydrogen (secondary N) is 1. The fourth-order valence-electron chi connectivity index (χ4n) is 0.812. The number of imide groups is 1. The molecule has 0 spiro atoms. The Labute approximate surface area is 78.7 Å². The van der Waals surface area contributed by atoms with Gasteiger partial charge in [0.15, 0.2) is 0 Å². The molecule has 0 bridgehead atoms. The maximum Gasteiger partial charge on any atom is 0.318 e. The highest BCUT2D eigenvalue weighted by atomic mass is 16.3. The Hall–Kier alpha value is -1.96. The number of nitrogens with two attached hydrogens (primary N) is 1. The molecular formula is C6H9N5O3. The van der Waals surface area contributed by atoms with Gasteiger partial charge in [-0.05, 0) is 0 Å². The molecule has 0 radical (unpaired) electrons. The molecule has 8 nitrogen and oxygen atoms in total. The number of hydrogen-bond acceptors (Lipinski definition) is 5. The van der Waals surface area contributed by atoms with E-state index >= 15 is 0 Å². The Kier molecular flexibility index (Phi) is 3.13. The molecule has 1 aromatic heterocycles. The Morgan fingerprint density at radius 1 is 1.64 bits per heavy atom. The lowest BCUT2D eigenvalue weighted by Gasteiger charge is -1.98. The Balaban J connectivity index is 2.51. The van der Waals surface area contributed by atoms with Crippen molar-refractivity contribution in [1.82, 2.24) is 20.3 Å². The summed E-state index contributed by atoms with van der Waals surface area (Å²) in [4.78, 5) is 21.2. The van der Waals surface area contributed by atoms with Crippen LogP contribution in [0.25, 0.3) is 0 Å². The number of amides is 3. The van der Waals surface area contributed by atoms with E-state index in [-0.39, 0.29) is 13.2 Å². The predicted molar refractivity (Wildman–Crippen MR) is 43.7 cm³/mol. The van der Waals surface area contributed by atoms with Gasteiger partial charge in [-0.3, -0.25) is 10.1 Å². The number of aliphatic hydroxyl groups excluding tert-OH is 1. The van der Waals surface area contributed by atoms with Gasteiger partial charge in [0.1, 0.15) is 12.2 Å². The van der Waals surface area contributed by atoms with Crippen molar-refractivity contribution < 1.29 is 14.7 Å². The van der Waals surface area contributed by atoms with Gasteiger partial charge in [-0.1, -0.05) is 5.21 Å². The molecule has 0 aliphatic heterocycles. The molecule has 4 N–H and O–H groups in total. The molecular weight excluding hydrogens is 190 g/mol. The predicted octanol–water partition coefficient (Wildman–Crippen LogP) is -2.03. The quantitative estimate of drug-likeness (QED) is 0.517. The molecule has 0 aromatic carbocycles. The first-order valence-electron chi connectivity index (χ1n) is 3.71. The number of aromatic nitrogens is 3. The summed E-state index contributed by atoms with van der Waals surface area (Å²) >= 11 is 0. The molecule has 0 saturated heterocycles.